The van der Waals surface area contributed by atoms with Crippen molar-refractivity contribution in [3.8, 4) is 0 Å². The van der Waals surface area contributed by atoms with Crippen LogP contribution in [0.25, 0.3) is 0 Å². The molecule has 1 saturated carbocycles. The zero-order chi connectivity index (χ0) is 13.3. The molecule has 2 aliphatic rings. The Hall–Kier alpha value is -0.450. The highest BCUT2D eigenvalue weighted by Crippen LogP contribution is 2.46. The summed E-state index contributed by atoms with van der Waals surface area (Å²) in [6, 6.07) is 0. The fourth-order valence-electron chi connectivity index (χ4n) is 4.02. The molecule has 1 aliphatic carbocycles. The summed E-state index contributed by atoms with van der Waals surface area (Å²) < 4.78 is 5.78. The number of methoxy groups -OCH3 is 1. The first-order chi connectivity index (χ1) is 9.23. The molecule has 0 N–H and O–H groups in total. The minimum atomic E-state index is 0.436. The molecule has 2 fully saturated rings. The predicted molar refractivity (Wildman–Crippen MR) is 78.4 cm³/mol. The summed E-state index contributed by atoms with van der Waals surface area (Å²) in [7, 11) is 1.89. The van der Waals surface area contributed by atoms with Gasteiger partial charge < -0.3 is 4.74 Å². The van der Waals surface area contributed by atoms with Crippen molar-refractivity contribution in [3.05, 3.63) is 16.1 Å². The Morgan fingerprint density at radius 3 is 3.05 bits per heavy atom. The number of likely N-dealkylation sites (tertiary alicyclic amines) is 1. The second-order valence-corrected chi connectivity index (χ2v) is 7.09. The lowest BCUT2D eigenvalue weighted by molar-refractivity contribution is -0.0364. The Kier molecular flexibility index (Phi) is 3.92. The number of aryl methyl sites for hydroxylation is 1. The van der Waals surface area contributed by atoms with Crippen LogP contribution in [0.2, 0.25) is 0 Å². The van der Waals surface area contributed by atoms with E-state index in [1.54, 1.807) is 11.3 Å². The van der Waals surface area contributed by atoms with Crippen LogP contribution in [-0.4, -0.2) is 36.2 Å². The lowest BCUT2D eigenvalue weighted by atomic mass is 9.76. The SMILES string of the molecule is CO[C@@H]1CCC[C@@]12CCCN(Cc1scnc1C)C2. The Morgan fingerprint density at radius 1 is 1.47 bits per heavy atom. The normalized spacial score (nSPS) is 32.2. The third kappa shape index (κ3) is 2.58. The minimum Gasteiger partial charge on any atom is -0.381 e. The van der Waals surface area contributed by atoms with Crippen LogP contribution >= 0.6 is 11.3 Å². The van der Waals surface area contributed by atoms with Crippen LogP contribution in [0, 0.1) is 12.3 Å². The molecule has 1 spiro atoms. The molecule has 2 atom stereocenters. The monoisotopic (exact) mass is 280 g/mol. The van der Waals surface area contributed by atoms with Crippen molar-refractivity contribution in [2.24, 2.45) is 5.41 Å². The molecule has 0 amide bonds. The summed E-state index contributed by atoms with van der Waals surface area (Å²) in [5.41, 5.74) is 3.61. The molecular weight excluding hydrogens is 256 g/mol. The summed E-state index contributed by atoms with van der Waals surface area (Å²) in [6.45, 7) is 5.64. The summed E-state index contributed by atoms with van der Waals surface area (Å²) in [4.78, 5) is 8.43. The second-order valence-electron chi connectivity index (χ2n) is 6.15. The Morgan fingerprint density at radius 2 is 2.32 bits per heavy atom. The van der Waals surface area contributed by atoms with E-state index in [-0.39, 0.29) is 0 Å². The molecule has 0 radical (unpaired) electrons. The number of hydrogen-bond donors (Lipinski definition) is 0. The zero-order valence-electron chi connectivity index (χ0n) is 12.0. The quantitative estimate of drug-likeness (QED) is 0.850. The van der Waals surface area contributed by atoms with Gasteiger partial charge in [-0.05, 0) is 39.2 Å². The predicted octanol–water partition coefficient (Wildman–Crippen LogP) is 3.23. The molecule has 3 rings (SSSR count). The Labute approximate surface area is 120 Å². The van der Waals surface area contributed by atoms with Crippen LogP contribution in [0.4, 0.5) is 0 Å². The fourth-order valence-corrected chi connectivity index (χ4v) is 4.83. The molecular formula is C15H24N2OS. The number of aromatic nitrogens is 1. The van der Waals surface area contributed by atoms with Gasteiger partial charge in [0.2, 0.25) is 0 Å². The van der Waals surface area contributed by atoms with Crippen molar-refractivity contribution in [2.75, 3.05) is 20.2 Å². The zero-order valence-corrected chi connectivity index (χ0v) is 12.8. The number of rotatable bonds is 3. The first-order valence-corrected chi connectivity index (χ1v) is 8.26. The molecule has 0 unspecified atom stereocenters. The van der Waals surface area contributed by atoms with Crippen molar-refractivity contribution in [1.29, 1.82) is 0 Å². The van der Waals surface area contributed by atoms with Gasteiger partial charge in [0.1, 0.15) is 0 Å². The molecule has 0 aromatic carbocycles. The molecule has 1 saturated heterocycles. The van der Waals surface area contributed by atoms with Gasteiger partial charge in [0.25, 0.3) is 0 Å². The van der Waals surface area contributed by atoms with E-state index in [0.29, 0.717) is 11.5 Å². The summed E-state index contributed by atoms with van der Waals surface area (Å²) in [5, 5.41) is 0. The smallest absolute Gasteiger partial charge is 0.0798 e. The van der Waals surface area contributed by atoms with Crippen molar-refractivity contribution >= 4 is 11.3 Å². The minimum absolute atomic E-state index is 0.436. The summed E-state index contributed by atoms with van der Waals surface area (Å²) in [6.07, 6.45) is 7.10. The fraction of sp³-hybridized carbons (Fsp3) is 0.800. The number of hydrogen-bond acceptors (Lipinski definition) is 4. The van der Waals surface area contributed by atoms with Gasteiger partial charge in [0, 0.05) is 30.5 Å². The average Bonchev–Trinajstić information content (AvgIpc) is 2.97. The van der Waals surface area contributed by atoms with Crippen LogP contribution in [0.1, 0.15) is 42.7 Å². The van der Waals surface area contributed by atoms with E-state index in [1.165, 1.54) is 55.8 Å². The molecule has 0 bridgehead atoms. The Balaban J connectivity index is 1.70. The van der Waals surface area contributed by atoms with Crippen LogP contribution in [0.3, 0.4) is 0 Å². The number of nitrogens with zero attached hydrogens (tertiary/aromatic N) is 2. The van der Waals surface area contributed by atoms with Gasteiger partial charge in [-0.1, -0.05) is 6.42 Å². The molecule has 4 heteroatoms. The van der Waals surface area contributed by atoms with Crippen molar-refractivity contribution in [2.45, 2.75) is 51.7 Å². The van der Waals surface area contributed by atoms with Gasteiger partial charge in [-0.3, -0.25) is 4.90 Å². The molecule has 1 aromatic rings. The maximum absolute atomic E-state index is 5.78. The molecule has 19 heavy (non-hydrogen) atoms. The van der Waals surface area contributed by atoms with Crippen LogP contribution < -0.4 is 0 Å². The second kappa shape index (κ2) is 5.51. The lowest BCUT2D eigenvalue weighted by Crippen LogP contribution is -2.47. The molecule has 3 nitrogen and oxygen atoms in total. The summed E-state index contributed by atoms with van der Waals surface area (Å²) in [5.74, 6) is 0. The van der Waals surface area contributed by atoms with Gasteiger partial charge in [0.15, 0.2) is 0 Å². The molecule has 1 aliphatic heterocycles. The topological polar surface area (TPSA) is 25.4 Å². The van der Waals surface area contributed by atoms with Crippen LogP contribution in [-0.2, 0) is 11.3 Å². The third-order valence-electron chi connectivity index (χ3n) is 5.01. The van der Waals surface area contributed by atoms with Gasteiger partial charge in [-0.15, -0.1) is 11.3 Å². The first-order valence-electron chi connectivity index (χ1n) is 7.38. The van der Waals surface area contributed by atoms with E-state index in [9.17, 15) is 0 Å². The highest BCUT2D eigenvalue weighted by atomic mass is 32.1. The van der Waals surface area contributed by atoms with E-state index in [2.05, 4.69) is 16.8 Å². The van der Waals surface area contributed by atoms with E-state index in [4.69, 9.17) is 4.74 Å². The standard InChI is InChI=1S/C15H24N2OS/c1-12-13(19-11-16-12)9-17-8-4-7-15(10-17)6-3-5-14(15)18-2/h11,14H,3-10H2,1-2H3/t14-,15+/m1/s1. The maximum Gasteiger partial charge on any atom is 0.0798 e. The lowest BCUT2D eigenvalue weighted by Gasteiger charge is -2.43. The van der Waals surface area contributed by atoms with Gasteiger partial charge in [-0.2, -0.15) is 0 Å². The Bertz CT molecular complexity index is 434. The maximum atomic E-state index is 5.78. The summed E-state index contributed by atoms with van der Waals surface area (Å²) >= 11 is 1.80. The molecule has 106 valence electrons. The van der Waals surface area contributed by atoms with Gasteiger partial charge in [-0.25, -0.2) is 4.98 Å². The van der Waals surface area contributed by atoms with Gasteiger partial charge in [0.05, 0.1) is 17.3 Å². The van der Waals surface area contributed by atoms with E-state index in [0.717, 1.165) is 6.54 Å². The van der Waals surface area contributed by atoms with Crippen LogP contribution in [0.15, 0.2) is 5.51 Å². The van der Waals surface area contributed by atoms with E-state index in [1.807, 2.05) is 12.6 Å². The van der Waals surface area contributed by atoms with Crippen LogP contribution in [0.5, 0.6) is 0 Å². The molecule has 2 heterocycles. The number of piperidine rings is 1. The first kappa shape index (κ1) is 13.5. The van der Waals surface area contributed by atoms with Crippen molar-refractivity contribution in [1.82, 2.24) is 9.88 Å². The van der Waals surface area contributed by atoms with Crippen molar-refractivity contribution in [3.63, 3.8) is 0 Å². The van der Waals surface area contributed by atoms with E-state index < -0.39 is 0 Å². The largest absolute Gasteiger partial charge is 0.381 e. The van der Waals surface area contributed by atoms with Gasteiger partial charge >= 0.3 is 0 Å². The number of ether oxygens (including phenoxy) is 1. The highest BCUT2D eigenvalue weighted by molar-refractivity contribution is 7.09. The molecule has 1 aromatic heterocycles. The third-order valence-corrected chi connectivity index (χ3v) is 5.93. The van der Waals surface area contributed by atoms with Crippen molar-refractivity contribution < 1.29 is 4.74 Å². The van der Waals surface area contributed by atoms with E-state index >= 15 is 0 Å². The highest BCUT2D eigenvalue weighted by Gasteiger charge is 2.45. The average molecular weight is 280 g/mol. The number of thiazole rings is 1.